The molecule has 2 heterocycles. The first-order valence-corrected chi connectivity index (χ1v) is 13.7. The normalized spacial score (nSPS) is 15.9. The Morgan fingerprint density at radius 3 is 2.52 bits per heavy atom. The third kappa shape index (κ3) is 5.29. The Hall–Kier alpha value is -4.60. The van der Waals surface area contributed by atoms with Gasteiger partial charge in [-0.1, -0.05) is 48.7 Å². The molecular weight excluding hydrogens is 510 g/mol. The number of carbonyl (C=O) groups is 2. The molecule has 10 nitrogen and oxygen atoms in total. The van der Waals surface area contributed by atoms with Gasteiger partial charge in [0.05, 0.1) is 5.52 Å². The number of fused-ring (bicyclic) bond motifs is 2. The molecule has 2 aliphatic rings. The number of hydrogen-bond donors (Lipinski definition) is 2. The number of ether oxygens (including phenoxy) is 2. The Kier molecular flexibility index (Phi) is 7.22. The number of rotatable bonds is 7. The fourth-order valence-corrected chi connectivity index (χ4v) is 5.46. The van der Waals surface area contributed by atoms with Crippen LogP contribution in [-0.4, -0.2) is 51.2 Å². The standard InChI is InChI=1S/C30H31N5O5/c36-23-13-10-20(11-14-23)29(30(38)31-21-6-2-1-3-7-21)35(22-12-15-26-27(18-22)40-17-16-39-26)28(37)19-34-25-9-5-4-8-24(25)32-33-34/h4-5,8-15,18,21,29,36H,1-3,6-7,16-17,19H2,(H,31,38)/t29-/m0/s1. The van der Waals surface area contributed by atoms with Crippen LogP contribution < -0.4 is 19.7 Å². The van der Waals surface area contributed by atoms with Crippen LogP contribution in [0.5, 0.6) is 17.2 Å². The van der Waals surface area contributed by atoms with Crippen LogP contribution in [0.2, 0.25) is 0 Å². The minimum atomic E-state index is -1.01. The van der Waals surface area contributed by atoms with Gasteiger partial charge in [-0.25, -0.2) is 4.68 Å². The second-order valence-corrected chi connectivity index (χ2v) is 10.2. The molecule has 1 atom stereocenters. The zero-order valence-electron chi connectivity index (χ0n) is 22.0. The van der Waals surface area contributed by atoms with E-state index in [2.05, 4.69) is 15.6 Å². The lowest BCUT2D eigenvalue weighted by Gasteiger charge is -2.34. The highest BCUT2D eigenvalue weighted by atomic mass is 16.6. The van der Waals surface area contributed by atoms with Crippen molar-refractivity contribution in [2.75, 3.05) is 18.1 Å². The van der Waals surface area contributed by atoms with E-state index in [1.807, 2.05) is 24.3 Å². The SMILES string of the molecule is O=C(NC1CCCCC1)[C@H](c1ccc(O)cc1)N(C(=O)Cn1nnc2ccccc21)c1ccc2c(c1)OCCO2. The number of para-hydroxylation sites is 1. The van der Waals surface area contributed by atoms with Gasteiger partial charge in [-0.05, 0) is 54.8 Å². The summed E-state index contributed by atoms with van der Waals surface area (Å²) in [5, 5.41) is 21.6. The number of nitrogens with one attached hydrogen (secondary N) is 1. The van der Waals surface area contributed by atoms with E-state index in [0.29, 0.717) is 47.0 Å². The fourth-order valence-electron chi connectivity index (χ4n) is 5.46. The number of aromatic nitrogens is 3. The van der Waals surface area contributed by atoms with Crippen LogP contribution in [0.4, 0.5) is 5.69 Å². The second-order valence-electron chi connectivity index (χ2n) is 10.2. The molecule has 2 amide bonds. The molecule has 2 N–H and O–H groups in total. The Morgan fingerprint density at radius 1 is 0.975 bits per heavy atom. The lowest BCUT2D eigenvalue weighted by Crippen LogP contribution is -2.48. The topological polar surface area (TPSA) is 119 Å². The average molecular weight is 542 g/mol. The number of carbonyl (C=O) groups excluding carboxylic acids is 2. The van der Waals surface area contributed by atoms with E-state index in [4.69, 9.17) is 9.47 Å². The summed E-state index contributed by atoms with van der Waals surface area (Å²) < 4.78 is 13.1. The van der Waals surface area contributed by atoms with Crippen LogP contribution in [0.1, 0.15) is 43.7 Å². The summed E-state index contributed by atoms with van der Waals surface area (Å²) in [4.78, 5) is 29.8. The average Bonchev–Trinajstić information content (AvgIpc) is 3.39. The van der Waals surface area contributed by atoms with Gasteiger partial charge in [-0.3, -0.25) is 14.5 Å². The van der Waals surface area contributed by atoms with Crippen LogP contribution in [0.25, 0.3) is 11.0 Å². The molecule has 40 heavy (non-hydrogen) atoms. The summed E-state index contributed by atoms with van der Waals surface area (Å²) >= 11 is 0. The molecule has 0 bridgehead atoms. The minimum absolute atomic E-state index is 0.0392. The third-order valence-corrected chi connectivity index (χ3v) is 7.44. The van der Waals surface area contributed by atoms with Gasteiger partial charge in [0.2, 0.25) is 11.8 Å². The van der Waals surface area contributed by atoms with E-state index in [-0.39, 0.29) is 30.2 Å². The zero-order valence-corrected chi connectivity index (χ0v) is 22.0. The zero-order chi connectivity index (χ0) is 27.5. The molecule has 6 rings (SSSR count). The summed E-state index contributed by atoms with van der Waals surface area (Å²) in [5.74, 6) is 0.511. The van der Waals surface area contributed by atoms with Gasteiger partial charge in [-0.15, -0.1) is 5.10 Å². The molecular formula is C30H31N5O5. The number of aromatic hydroxyl groups is 1. The lowest BCUT2D eigenvalue weighted by atomic mass is 9.94. The van der Waals surface area contributed by atoms with Crippen molar-refractivity contribution in [2.24, 2.45) is 0 Å². The third-order valence-electron chi connectivity index (χ3n) is 7.44. The Morgan fingerprint density at radius 2 is 1.73 bits per heavy atom. The molecule has 0 saturated heterocycles. The predicted molar refractivity (Wildman–Crippen MR) is 148 cm³/mol. The van der Waals surface area contributed by atoms with Crippen molar-refractivity contribution < 1.29 is 24.2 Å². The maximum Gasteiger partial charge on any atom is 0.249 e. The fraction of sp³-hybridized carbons (Fsp3) is 0.333. The van der Waals surface area contributed by atoms with Crippen LogP contribution >= 0.6 is 0 Å². The van der Waals surface area contributed by atoms with Crippen molar-refractivity contribution in [2.45, 2.75) is 50.7 Å². The number of hydrogen-bond acceptors (Lipinski definition) is 7. The maximum absolute atomic E-state index is 14.2. The van der Waals surface area contributed by atoms with Crippen molar-refractivity contribution in [3.05, 3.63) is 72.3 Å². The quantitative estimate of drug-likeness (QED) is 0.361. The molecule has 0 radical (unpaired) electrons. The van der Waals surface area contributed by atoms with Gasteiger partial charge >= 0.3 is 0 Å². The molecule has 1 fully saturated rings. The molecule has 4 aromatic rings. The summed E-state index contributed by atoms with van der Waals surface area (Å²) in [7, 11) is 0. The van der Waals surface area contributed by atoms with E-state index in [1.165, 1.54) is 21.7 Å². The molecule has 1 aromatic heterocycles. The van der Waals surface area contributed by atoms with Crippen molar-refractivity contribution in [3.8, 4) is 17.2 Å². The second kappa shape index (κ2) is 11.3. The molecule has 0 spiro atoms. The van der Waals surface area contributed by atoms with Crippen LogP contribution in [0.3, 0.4) is 0 Å². The summed E-state index contributed by atoms with van der Waals surface area (Å²) in [5.41, 5.74) is 2.44. The largest absolute Gasteiger partial charge is 0.508 e. The van der Waals surface area contributed by atoms with Crippen molar-refractivity contribution in [1.29, 1.82) is 0 Å². The number of amides is 2. The smallest absolute Gasteiger partial charge is 0.249 e. The van der Waals surface area contributed by atoms with E-state index in [9.17, 15) is 14.7 Å². The highest BCUT2D eigenvalue weighted by molar-refractivity contribution is 6.02. The van der Waals surface area contributed by atoms with Crippen LogP contribution in [0, 0.1) is 0 Å². The highest BCUT2D eigenvalue weighted by Gasteiger charge is 2.35. The van der Waals surface area contributed by atoms with Crippen LogP contribution in [0.15, 0.2) is 66.7 Å². The van der Waals surface area contributed by atoms with E-state index >= 15 is 0 Å². The van der Waals surface area contributed by atoms with Gasteiger partial charge in [0.25, 0.3) is 0 Å². The van der Waals surface area contributed by atoms with Crippen molar-refractivity contribution in [3.63, 3.8) is 0 Å². The Labute approximate surface area is 231 Å². The van der Waals surface area contributed by atoms with Crippen molar-refractivity contribution in [1.82, 2.24) is 20.3 Å². The summed E-state index contributed by atoms with van der Waals surface area (Å²) in [6, 6.07) is 18.1. The first-order valence-electron chi connectivity index (χ1n) is 13.7. The van der Waals surface area contributed by atoms with Crippen molar-refractivity contribution >= 4 is 28.5 Å². The maximum atomic E-state index is 14.2. The van der Waals surface area contributed by atoms with Gasteiger partial charge in [0.15, 0.2) is 11.5 Å². The first-order chi connectivity index (χ1) is 19.6. The minimum Gasteiger partial charge on any atom is -0.508 e. The monoisotopic (exact) mass is 541 g/mol. The van der Waals surface area contributed by atoms with Gasteiger partial charge < -0.3 is 19.9 Å². The van der Waals surface area contributed by atoms with E-state index in [0.717, 1.165) is 32.1 Å². The summed E-state index contributed by atoms with van der Waals surface area (Å²) in [6.45, 7) is 0.688. The molecule has 206 valence electrons. The highest BCUT2D eigenvalue weighted by Crippen LogP contribution is 2.37. The molecule has 10 heteroatoms. The van der Waals surface area contributed by atoms with Gasteiger partial charge in [0.1, 0.15) is 37.1 Å². The van der Waals surface area contributed by atoms with E-state index in [1.54, 1.807) is 30.3 Å². The molecule has 1 aliphatic carbocycles. The molecule has 1 saturated carbocycles. The number of phenolic OH excluding ortho intramolecular Hbond substituents is 1. The number of phenols is 1. The number of benzene rings is 3. The number of anilines is 1. The first kappa shape index (κ1) is 25.7. The van der Waals surface area contributed by atoms with Gasteiger partial charge in [-0.2, -0.15) is 0 Å². The molecule has 1 aliphatic heterocycles. The van der Waals surface area contributed by atoms with Gasteiger partial charge in [0, 0.05) is 17.8 Å². The Balaban J connectivity index is 1.42. The van der Waals surface area contributed by atoms with Crippen LogP contribution in [-0.2, 0) is 16.1 Å². The van der Waals surface area contributed by atoms with E-state index < -0.39 is 6.04 Å². The lowest BCUT2D eigenvalue weighted by molar-refractivity contribution is -0.127. The summed E-state index contributed by atoms with van der Waals surface area (Å²) in [6.07, 6.45) is 5.06. The predicted octanol–water partition coefficient (Wildman–Crippen LogP) is 4.13. The molecule has 3 aromatic carbocycles. The Bertz CT molecular complexity index is 1510. The number of nitrogens with zero attached hydrogens (tertiary/aromatic N) is 4. The molecule has 0 unspecified atom stereocenters.